The third-order valence-electron chi connectivity index (χ3n) is 3.38. The molecule has 2 aliphatic rings. The number of halogens is 6. The van der Waals surface area contributed by atoms with Crippen LogP contribution in [-0.4, -0.2) is 40.2 Å². The molecular weight excluding hydrogens is 409 g/mol. The third kappa shape index (κ3) is 1.72. The van der Waals surface area contributed by atoms with Crippen molar-refractivity contribution >= 4 is 81.5 Å². The maximum absolute atomic E-state index is 12.0. The molecule has 2 rings (SSSR count). The first-order valence-electron chi connectivity index (χ1n) is 5.27. The van der Waals surface area contributed by atoms with Crippen molar-refractivity contribution in [3.8, 4) is 0 Å². The molecule has 0 unspecified atom stereocenters. The van der Waals surface area contributed by atoms with Gasteiger partial charge in [0, 0.05) is 0 Å². The molecule has 0 fully saturated rings. The fourth-order valence-corrected chi connectivity index (χ4v) is 5.05. The van der Waals surface area contributed by atoms with Gasteiger partial charge in [-0.25, -0.2) is 9.59 Å². The van der Waals surface area contributed by atoms with Crippen molar-refractivity contribution in [1.29, 1.82) is 0 Å². The lowest BCUT2D eigenvalue weighted by atomic mass is 9.95. The first-order chi connectivity index (χ1) is 9.53. The predicted molar refractivity (Wildman–Crippen MR) is 81.4 cm³/mol. The molecule has 2 atom stereocenters. The lowest BCUT2D eigenvalue weighted by Crippen LogP contribution is -2.46. The SMILES string of the molecule is COC(=O)C1=C(C(=O)OC)[C@@]2(Cl)C(Cl)=C(Cl)[C@]1(Cl)C2(Cl)Cl. The third-order valence-corrected chi connectivity index (χ3v) is 7.46. The average Bonchev–Trinajstić information content (AvgIpc) is 2.65. The van der Waals surface area contributed by atoms with Gasteiger partial charge in [-0.05, 0) is 0 Å². The fourth-order valence-electron chi connectivity index (χ4n) is 2.38. The summed E-state index contributed by atoms with van der Waals surface area (Å²) in [5.74, 6) is -1.94. The van der Waals surface area contributed by atoms with E-state index in [0.29, 0.717) is 0 Å². The largest absolute Gasteiger partial charge is 0.466 e. The summed E-state index contributed by atoms with van der Waals surface area (Å²) >= 11 is 37.3. The number of hydrogen-bond donors (Lipinski definition) is 0. The molecule has 0 aromatic heterocycles. The Bertz CT molecular complexity index is 574. The minimum atomic E-state index is -2.09. The number of hydrogen-bond acceptors (Lipinski definition) is 4. The number of carbonyl (C=O) groups is 2. The number of esters is 2. The predicted octanol–water partition coefficient (Wildman–Crippen LogP) is 3.47. The molecule has 0 amide bonds. The number of ether oxygens (including phenoxy) is 2. The Morgan fingerprint density at radius 2 is 1.10 bits per heavy atom. The van der Waals surface area contributed by atoms with Gasteiger partial charge in [-0.15, -0.1) is 23.2 Å². The van der Waals surface area contributed by atoms with Crippen LogP contribution < -0.4 is 0 Å². The van der Waals surface area contributed by atoms with E-state index in [4.69, 9.17) is 69.6 Å². The first kappa shape index (κ1) is 17.5. The van der Waals surface area contributed by atoms with Gasteiger partial charge in [0.25, 0.3) is 0 Å². The summed E-state index contributed by atoms with van der Waals surface area (Å²) in [7, 11) is 2.17. The van der Waals surface area contributed by atoms with Gasteiger partial charge >= 0.3 is 11.9 Å². The molecule has 0 heterocycles. The number of methoxy groups -OCH3 is 2. The average molecular weight is 415 g/mol. The van der Waals surface area contributed by atoms with Gasteiger partial charge in [-0.1, -0.05) is 46.4 Å². The van der Waals surface area contributed by atoms with Gasteiger partial charge in [0.1, 0.15) is 9.75 Å². The molecular formula is C11H6Cl6O4. The number of carbonyl (C=O) groups excluding carboxylic acids is 2. The molecule has 116 valence electrons. The standard InChI is InChI=1S/C11H6Cl6O4/c1-20-7(18)3-4(8(19)21-2)10(15)6(13)5(12)9(3,14)11(10,16)17/h1-2H3/t9-,10+. The smallest absolute Gasteiger partial charge is 0.336 e. The minimum absolute atomic E-state index is 0.251. The van der Waals surface area contributed by atoms with Crippen molar-refractivity contribution in [3.05, 3.63) is 21.2 Å². The maximum Gasteiger partial charge on any atom is 0.336 e. The van der Waals surface area contributed by atoms with Crippen molar-refractivity contribution in [1.82, 2.24) is 0 Å². The van der Waals surface area contributed by atoms with Crippen LogP contribution in [0.1, 0.15) is 0 Å². The zero-order chi connectivity index (χ0) is 16.4. The summed E-state index contributed by atoms with van der Waals surface area (Å²) in [6.45, 7) is 0. The van der Waals surface area contributed by atoms with Gasteiger partial charge in [-0.3, -0.25) is 0 Å². The van der Waals surface area contributed by atoms with Crippen LogP contribution in [0, 0.1) is 0 Å². The second-order valence-electron chi connectivity index (χ2n) is 4.25. The second-order valence-corrected chi connectivity index (χ2v) is 7.47. The van der Waals surface area contributed by atoms with E-state index in [0.717, 1.165) is 14.2 Å². The van der Waals surface area contributed by atoms with Crippen molar-refractivity contribution in [2.75, 3.05) is 14.2 Å². The molecule has 21 heavy (non-hydrogen) atoms. The van der Waals surface area contributed by atoms with Crippen molar-refractivity contribution < 1.29 is 19.1 Å². The molecule has 0 radical (unpaired) electrons. The summed E-state index contributed by atoms with van der Waals surface area (Å²) < 4.78 is 7.13. The zero-order valence-electron chi connectivity index (χ0n) is 10.4. The van der Waals surface area contributed by atoms with E-state index in [1.54, 1.807) is 0 Å². The first-order valence-corrected chi connectivity index (χ1v) is 7.53. The summed E-state index contributed by atoms with van der Waals surface area (Å²) in [4.78, 5) is 20.1. The van der Waals surface area contributed by atoms with Crippen LogP contribution in [-0.2, 0) is 19.1 Å². The van der Waals surface area contributed by atoms with Crippen LogP contribution in [0.5, 0.6) is 0 Å². The highest BCUT2D eigenvalue weighted by atomic mass is 35.5. The number of allylic oxidation sites excluding steroid dienone is 2. The summed E-state index contributed by atoms with van der Waals surface area (Å²) in [5, 5.41) is -0.502. The van der Waals surface area contributed by atoms with Crippen LogP contribution in [0.4, 0.5) is 0 Å². The Balaban J connectivity index is 2.90. The molecule has 2 bridgehead atoms. The highest BCUT2D eigenvalue weighted by Crippen LogP contribution is 2.74. The van der Waals surface area contributed by atoms with E-state index in [-0.39, 0.29) is 10.1 Å². The highest BCUT2D eigenvalue weighted by Gasteiger charge is 2.80. The van der Waals surface area contributed by atoms with E-state index in [1.165, 1.54) is 0 Å². The molecule has 0 saturated carbocycles. The molecule has 0 N–H and O–H groups in total. The normalized spacial score (nSPS) is 33.5. The monoisotopic (exact) mass is 412 g/mol. The van der Waals surface area contributed by atoms with Gasteiger partial charge in [0.05, 0.1) is 35.4 Å². The Morgan fingerprint density at radius 1 is 0.810 bits per heavy atom. The van der Waals surface area contributed by atoms with Crippen LogP contribution in [0.15, 0.2) is 21.2 Å². The van der Waals surface area contributed by atoms with E-state index >= 15 is 0 Å². The van der Waals surface area contributed by atoms with Gasteiger partial charge in [-0.2, -0.15) is 0 Å². The zero-order valence-corrected chi connectivity index (χ0v) is 14.9. The van der Waals surface area contributed by atoms with Crippen LogP contribution in [0.3, 0.4) is 0 Å². The van der Waals surface area contributed by atoms with Gasteiger partial charge in [0.15, 0.2) is 4.33 Å². The van der Waals surface area contributed by atoms with E-state index < -0.39 is 37.2 Å². The molecule has 0 aromatic carbocycles. The molecule has 0 aromatic rings. The molecule has 0 aliphatic heterocycles. The van der Waals surface area contributed by atoms with Crippen LogP contribution in [0.2, 0.25) is 0 Å². The summed E-state index contributed by atoms with van der Waals surface area (Å²) in [5.41, 5.74) is -0.791. The lowest BCUT2D eigenvalue weighted by molar-refractivity contribution is -0.139. The Labute approximate surface area is 149 Å². The maximum atomic E-state index is 12.0. The summed E-state index contributed by atoms with van der Waals surface area (Å²) in [6, 6.07) is 0. The van der Waals surface area contributed by atoms with Gasteiger partial charge < -0.3 is 9.47 Å². The quantitative estimate of drug-likeness (QED) is 0.513. The number of alkyl halides is 4. The minimum Gasteiger partial charge on any atom is -0.466 e. The van der Waals surface area contributed by atoms with Crippen molar-refractivity contribution in [2.24, 2.45) is 0 Å². The number of rotatable bonds is 2. The van der Waals surface area contributed by atoms with Crippen molar-refractivity contribution in [3.63, 3.8) is 0 Å². The Hall–Kier alpha value is 0.160. The van der Waals surface area contributed by atoms with E-state index in [9.17, 15) is 9.59 Å². The lowest BCUT2D eigenvalue weighted by Gasteiger charge is -2.32. The second kappa shape index (κ2) is 5.08. The van der Waals surface area contributed by atoms with Crippen molar-refractivity contribution in [2.45, 2.75) is 14.1 Å². The molecule has 4 nitrogen and oxygen atoms in total. The van der Waals surface area contributed by atoms with E-state index in [2.05, 4.69) is 9.47 Å². The van der Waals surface area contributed by atoms with Gasteiger partial charge in [0.2, 0.25) is 0 Å². The van der Waals surface area contributed by atoms with Crippen LogP contribution >= 0.6 is 69.6 Å². The van der Waals surface area contributed by atoms with Crippen LogP contribution in [0.25, 0.3) is 0 Å². The Morgan fingerprint density at radius 3 is 1.33 bits per heavy atom. The highest BCUT2D eigenvalue weighted by molar-refractivity contribution is 6.68. The number of fused-ring (bicyclic) bond motifs is 2. The molecule has 0 spiro atoms. The summed E-state index contributed by atoms with van der Waals surface area (Å²) in [6.07, 6.45) is 0. The Kier molecular flexibility index (Phi) is 4.24. The fraction of sp³-hybridized carbons (Fsp3) is 0.455. The molecule has 2 aliphatic carbocycles. The topological polar surface area (TPSA) is 52.6 Å². The molecule has 10 heteroatoms. The van der Waals surface area contributed by atoms with E-state index in [1.807, 2.05) is 0 Å². The molecule has 0 saturated heterocycles.